The summed E-state index contributed by atoms with van der Waals surface area (Å²) in [6, 6.07) is 6.03. The topological polar surface area (TPSA) is 254 Å². The van der Waals surface area contributed by atoms with Crippen molar-refractivity contribution in [2.24, 2.45) is 19.8 Å². The molecule has 8 aromatic rings. The molecule has 1 amide bonds. The van der Waals surface area contributed by atoms with E-state index < -0.39 is 56.8 Å². The number of hydrogen-bond donors (Lipinski definition) is 5. The Labute approximate surface area is 485 Å². The van der Waals surface area contributed by atoms with Gasteiger partial charge < -0.3 is 40.5 Å². The highest BCUT2D eigenvalue weighted by atomic mass is 35.5. The van der Waals surface area contributed by atoms with Crippen LogP contribution < -0.4 is 20.9 Å². The van der Waals surface area contributed by atoms with Crippen molar-refractivity contribution in [3.63, 3.8) is 0 Å². The molecule has 6 N–H and O–H groups in total. The summed E-state index contributed by atoms with van der Waals surface area (Å²) in [5.41, 5.74) is 11.1. The number of aromatic nitrogens is 12. The first-order valence-electron chi connectivity index (χ1n) is 27.0. The average molecular weight is 1210 g/mol. The van der Waals surface area contributed by atoms with Crippen molar-refractivity contribution in [2.75, 3.05) is 16.4 Å². The van der Waals surface area contributed by atoms with Gasteiger partial charge in [-0.1, -0.05) is 66.0 Å². The van der Waals surface area contributed by atoms with Gasteiger partial charge >= 0.3 is 6.09 Å². The second-order valence-corrected chi connectivity index (χ2v) is 30.7. The molecule has 4 bridgehead atoms. The number of H-pyrrole nitrogens is 1. The number of ether oxygens (including phenoxy) is 2. The third-order valence-corrected chi connectivity index (χ3v) is 19.1. The summed E-state index contributed by atoms with van der Waals surface area (Å²) in [5.74, 6) is 0.851. The first-order valence-corrected chi connectivity index (χ1v) is 32.2. The number of amides is 1. The van der Waals surface area contributed by atoms with Crippen LogP contribution in [0.1, 0.15) is 70.7 Å². The van der Waals surface area contributed by atoms with Gasteiger partial charge in [-0.05, 0) is 89.6 Å². The molecule has 432 valence electrons. The minimum absolute atomic E-state index is 0.0667. The molecule has 0 saturated carbocycles. The number of aryl methyl sites for hydroxylation is 2. The van der Waals surface area contributed by atoms with Crippen LogP contribution in [0.15, 0.2) is 24.3 Å². The maximum absolute atomic E-state index is 16.1. The Hall–Kier alpha value is -5.57. The van der Waals surface area contributed by atoms with E-state index in [1.54, 1.807) is 48.9 Å². The van der Waals surface area contributed by atoms with Crippen LogP contribution in [-0.4, -0.2) is 145 Å². The molecule has 0 aliphatic carbocycles. The fraction of sp³-hybridized carbons (Fsp3) is 0.528. The zero-order chi connectivity index (χ0) is 57.7. The standard InChI is InChI=1S/C32H43Cl2FN8O4Si.C21H21Cl2FN8O/c1-32(2,3)47-31(45)37-20-14-17-8-11-22(25(20)35)43(17)29-21(15-44)36-27-26(18-9-10-19-23(24(18)33)28(34)41(4)39-19)40-42(30(27)38-29)16-46-12-13-48(5,6)7;1-31-19(23)14-11(30-31)4-3-9(15(14)22)17-18-20(29-28-17)27-21(12(7-33)26-18)32-8-2-5-13(32)16(24)10(25)6-8/h9-10,17,20,22,25,44H,8,11-16H2,1-7H3,(H,37,45);3-4,8,10,13,16,33H,2,5-7,25H2,1H3,(H,27,28,29)/t17-,20+,22+,25+;8-,10+,13+,16+/m11/s1. The number of rotatable bonds is 12. The van der Waals surface area contributed by atoms with Crippen molar-refractivity contribution in [2.45, 2.75) is 159 Å². The van der Waals surface area contributed by atoms with Crippen molar-refractivity contribution in [1.82, 2.24) is 64.8 Å². The molecule has 12 rings (SSSR count). The number of hydrogen-bond acceptors (Lipinski definition) is 16. The highest BCUT2D eigenvalue weighted by Crippen LogP contribution is 2.46. The second kappa shape index (κ2) is 21.9. The maximum Gasteiger partial charge on any atom is 0.407 e. The van der Waals surface area contributed by atoms with Gasteiger partial charge in [0, 0.05) is 58.0 Å². The van der Waals surface area contributed by atoms with E-state index >= 15 is 4.39 Å². The monoisotopic (exact) mass is 1210 g/mol. The Bertz CT molecular complexity index is 3740. The summed E-state index contributed by atoms with van der Waals surface area (Å²) < 4.78 is 47.2. The van der Waals surface area contributed by atoms with Crippen LogP contribution in [-0.2, 0) is 43.5 Å². The van der Waals surface area contributed by atoms with Crippen LogP contribution in [0.25, 0.3) is 66.6 Å². The van der Waals surface area contributed by atoms with E-state index in [0.717, 1.165) is 12.5 Å². The van der Waals surface area contributed by atoms with E-state index in [-0.39, 0.29) is 31.5 Å². The van der Waals surface area contributed by atoms with Crippen LogP contribution in [0.5, 0.6) is 0 Å². The summed E-state index contributed by atoms with van der Waals surface area (Å²) in [4.78, 5) is 35.7. The van der Waals surface area contributed by atoms with Crippen LogP contribution in [0.4, 0.5) is 25.2 Å². The van der Waals surface area contributed by atoms with Crippen molar-refractivity contribution in [3.05, 3.63) is 56.0 Å². The van der Waals surface area contributed by atoms with Gasteiger partial charge in [0.2, 0.25) is 5.65 Å². The zero-order valence-electron chi connectivity index (χ0n) is 46.0. The molecule has 0 radical (unpaired) electrons. The number of nitrogens with one attached hydrogen (secondary N) is 2. The van der Waals surface area contributed by atoms with Crippen LogP contribution in [0.3, 0.4) is 0 Å². The van der Waals surface area contributed by atoms with Crippen molar-refractivity contribution in [1.29, 1.82) is 0 Å². The Morgan fingerprint density at radius 3 is 1.96 bits per heavy atom. The Kier molecular flexibility index (Phi) is 15.5. The minimum atomic E-state index is -1.39. The quantitative estimate of drug-likeness (QED) is 0.0564. The number of alkyl halides is 2. The Morgan fingerprint density at radius 1 is 0.790 bits per heavy atom. The van der Waals surface area contributed by atoms with Gasteiger partial charge in [0.25, 0.3) is 0 Å². The lowest BCUT2D eigenvalue weighted by Gasteiger charge is -2.42. The first-order chi connectivity index (χ1) is 38.4. The lowest BCUT2D eigenvalue weighted by molar-refractivity contribution is 0.0447. The smallest absolute Gasteiger partial charge is 0.407 e. The van der Waals surface area contributed by atoms with Crippen molar-refractivity contribution in [3.8, 4) is 22.5 Å². The van der Waals surface area contributed by atoms with E-state index in [0.29, 0.717) is 149 Å². The molecule has 4 fully saturated rings. The largest absolute Gasteiger partial charge is 0.444 e. The molecule has 21 nitrogen and oxygen atoms in total. The normalized spacial score (nSPS) is 22.9. The summed E-state index contributed by atoms with van der Waals surface area (Å²) in [6.07, 6.45) is 0.493. The lowest BCUT2D eigenvalue weighted by atomic mass is 9.95. The Morgan fingerprint density at radius 2 is 1.36 bits per heavy atom. The third kappa shape index (κ3) is 10.5. The number of anilines is 2. The SMILES string of the molecule is Cn1nc2ccc(-c3[nH]nc4nc(N5[C@@H]6CC[C@H]5[C@@H](F)[C@@H](N)C6)c(CO)nc34)c(Cl)c2c1Cl.Cn1nc2ccc(-c3nn(COCC[Si](C)(C)C)c4nc(N5[C@@H]6CC[C@H]5[C@@H](F)[C@@H](NC(=O)OC(C)(C)C)C6)c(CO)nc34)c(Cl)c2c1Cl. The van der Waals surface area contributed by atoms with Gasteiger partial charge in [0.15, 0.2) is 17.3 Å². The van der Waals surface area contributed by atoms with Gasteiger partial charge in [-0.25, -0.2) is 38.2 Å². The molecule has 4 aliphatic rings. The van der Waals surface area contributed by atoms with Crippen LogP contribution in [0.2, 0.25) is 46.0 Å². The van der Waals surface area contributed by atoms with Gasteiger partial charge in [-0.3, -0.25) is 14.5 Å². The molecular formula is C53H64Cl4F2N16O5Si. The average Bonchev–Trinajstić information content (AvgIpc) is 4.31. The van der Waals surface area contributed by atoms with E-state index in [4.69, 9.17) is 81.7 Å². The van der Waals surface area contributed by atoms with Crippen LogP contribution >= 0.6 is 46.4 Å². The van der Waals surface area contributed by atoms with Gasteiger partial charge in [-0.2, -0.15) is 20.4 Å². The van der Waals surface area contributed by atoms with Gasteiger partial charge in [0.1, 0.15) is 63.1 Å². The third-order valence-electron chi connectivity index (χ3n) is 15.7. The van der Waals surface area contributed by atoms with E-state index in [2.05, 4.69) is 50.3 Å². The first kappa shape index (κ1) is 57.3. The molecule has 28 heteroatoms. The number of nitrogens with two attached hydrogens (primary N) is 1. The zero-order valence-corrected chi connectivity index (χ0v) is 50.0. The number of aromatic amines is 1. The number of alkyl carbamates (subject to hydrolysis) is 1. The Balaban J connectivity index is 0.000000182. The lowest BCUT2D eigenvalue weighted by Crippen LogP contribution is -2.59. The van der Waals surface area contributed by atoms with E-state index in [1.807, 2.05) is 34.1 Å². The molecule has 8 atom stereocenters. The fourth-order valence-corrected chi connectivity index (χ4v) is 13.9. The molecule has 10 heterocycles. The summed E-state index contributed by atoms with van der Waals surface area (Å²) in [6.45, 7) is 12.1. The number of nitrogens with zero attached hydrogens (tertiary/aromatic N) is 13. The van der Waals surface area contributed by atoms with E-state index in [9.17, 15) is 19.4 Å². The fourth-order valence-electron chi connectivity index (χ4n) is 11.9. The number of carbonyl (C=O) groups is 1. The molecule has 81 heavy (non-hydrogen) atoms. The predicted molar refractivity (Wildman–Crippen MR) is 311 cm³/mol. The van der Waals surface area contributed by atoms with E-state index in [1.165, 1.54) is 0 Å². The van der Waals surface area contributed by atoms with Crippen molar-refractivity contribution >= 4 is 116 Å². The molecule has 6 aromatic heterocycles. The highest BCUT2D eigenvalue weighted by molar-refractivity contribution is 6.76. The van der Waals surface area contributed by atoms with Crippen molar-refractivity contribution < 1.29 is 33.3 Å². The second-order valence-electron chi connectivity index (χ2n) is 23.6. The maximum atomic E-state index is 16.1. The number of aliphatic hydroxyl groups excluding tert-OH is 2. The summed E-state index contributed by atoms with van der Waals surface area (Å²) >= 11 is 26.6. The molecule has 4 saturated heterocycles. The summed E-state index contributed by atoms with van der Waals surface area (Å²) in [7, 11) is 2.14. The number of benzene rings is 2. The minimum Gasteiger partial charge on any atom is -0.444 e. The summed E-state index contributed by atoms with van der Waals surface area (Å²) in [5, 5.41) is 47.3. The van der Waals surface area contributed by atoms with Gasteiger partial charge in [-0.15, -0.1) is 0 Å². The molecular weight excluding hydrogens is 1150 g/mol. The molecule has 2 aromatic carbocycles. The number of halogens is 6. The number of piperidine rings is 2. The van der Waals surface area contributed by atoms with Gasteiger partial charge in [0.05, 0.1) is 68.9 Å². The number of aliphatic hydroxyl groups is 2. The van der Waals surface area contributed by atoms with Crippen LogP contribution in [0, 0.1) is 0 Å². The molecule has 0 spiro atoms. The molecule has 4 aliphatic heterocycles. The number of fused-ring (bicyclic) bond motifs is 8. The highest BCUT2D eigenvalue weighted by Gasteiger charge is 2.51. The predicted octanol–water partition coefficient (Wildman–Crippen LogP) is 9.58. The number of carbonyl (C=O) groups excluding carboxylic acids is 1. The molecule has 0 unspecified atom stereocenters.